The lowest BCUT2D eigenvalue weighted by Crippen LogP contribution is -2.11. The minimum absolute atomic E-state index is 0.0179. The number of hydrogen-bond acceptors (Lipinski definition) is 2. The van der Waals surface area contributed by atoms with E-state index in [9.17, 15) is 0 Å². The van der Waals surface area contributed by atoms with E-state index in [0.717, 1.165) is 77.7 Å². The van der Waals surface area contributed by atoms with Gasteiger partial charge in [0.05, 0.1) is 5.52 Å². The number of hydrogen-bond donors (Lipinski definition) is 3. The molecule has 0 aliphatic carbocycles. The maximum Gasteiger partial charge on any atom is 0.0558 e. The van der Waals surface area contributed by atoms with E-state index in [1.165, 1.54) is 22.3 Å². The van der Waals surface area contributed by atoms with Crippen molar-refractivity contribution < 1.29 is 0 Å². The van der Waals surface area contributed by atoms with Gasteiger partial charge in [0.1, 0.15) is 0 Å². The summed E-state index contributed by atoms with van der Waals surface area (Å²) in [5.41, 5.74) is 32.1. The molecule has 0 aliphatic rings. The summed E-state index contributed by atoms with van der Waals surface area (Å²) in [4.78, 5) is 3.97. The van der Waals surface area contributed by atoms with Crippen LogP contribution in [-0.4, -0.2) is 4.98 Å². The molecule has 1 heterocycles. The van der Waals surface area contributed by atoms with Gasteiger partial charge in [-0.2, -0.15) is 0 Å². The highest BCUT2D eigenvalue weighted by atomic mass is 14.7. The fraction of sp³-hybridized carbons (Fsp3) is 0.308. The standard InChI is InChI=1S/C52H59N3/c1-49(2,3)35-21-13-31(14-22-35)41-39(53)29-30-40-45(41)46-43(33-17-25-37(26-18-33)51(7,8)9)47(54)42(32-15-23-36(24-16-32)50(4,5)6)44(48(46)55-40)34-19-27-38(28-20-34)52(10,11)12/h13-30,55H,53-54H2,1-12H3. The lowest BCUT2D eigenvalue weighted by molar-refractivity contribution is 0.590. The van der Waals surface area contributed by atoms with Crippen LogP contribution in [0.4, 0.5) is 11.4 Å². The van der Waals surface area contributed by atoms with Gasteiger partial charge in [-0.25, -0.2) is 0 Å². The van der Waals surface area contributed by atoms with Gasteiger partial charge in [-0.15, -0.1) is 0 Å². The molecule has 0 atom stereocenters. The van der Waals surface area contributed by atoms with Crippen molar-refractivity contribution >= 4 is 33.2 Å². The highest BCUT2D eigenvalue weighted by Gasteiger charge is 2.28. The third-order valence-corrected chi connectivity index (χ3v) is 11.4. The van der Waals surface area contributed by atoms with Crippen LogP contribution in [0.1, 0.15) is 105 Å². The van der Waals surface area contributed by atoms with Crippen LogP contribution in [0.5, 0.6) is 0 Å². The third kappa shape index (κ3) is 6.95. The molecule has 7 aromatic rings. The minimum Gasteiger partial charge on any atom is -0.398 e. The van der Waals surface area contributed by atoms with Crippen molar-refractivity contribution in [3.8, 4) is 44.5 Å². The summed E-state index contributed by atoms with van der Waals surface area (Å²) in [5.74, 6) is 0. The minimum atomic E-state index is 0.0179. The first-order valence-electron chi connectivity index (χ1n) is 19.8. The predicted molar refractivity (Wildman–Crippen MR) is 241 cm³/mol. The van der Waals surface area contributed by atoms with Crippen molar-refractivity contribution in [1.29, 1.82) is 0 Å². The maximum atomic E-state index is 7.70. The van der Waals surface area contributed by atoms with Crippen LogP contribution >= 0.6 is 0 Å². The highest BCUT2D eigenvalue weighted by molar-refractivity contribution is 6.28. The van der Waals surface area contributed by atoms with Gasteiger partial charge in [-0.1, -0.05) is 180 Å². The zero-order valence-electron chi connectivity index (χ0n) is 35.0. The Morgan fingerprint density at radius 3 is 1.04 bits per heavy atom. The molecule has 0 unspecified atom stereocenters. The predicted octanol–water partition coefficient (Wildman–Crippen LogP) is 14.3. The van der Waals surface area contributed by atoms with Crippen molar-refractivity contribution in [2.75, 3.05) is 11.5 Å². The van der Waals surface area contributed by atoms with Crippen LogP contribution in [0.15, 0.2) is 109 Å². The molecule has 3 heteroatoms. The number of fused-ring (bicyclic) bond motifs is 3. The average molecular weight is 726 g/mol. The number of H-pyrrole nitrogens is 1. The number of aromatic nitrogens is 1. The van der Waals surface area contributed by atoms with Crippen LogP contribution in [0.2, 0.25) is 0 Å². The molecule has 0 radical (unpaired) electrons. The van der Waals surface area contributed by atoms with E-state index < -0.39 is 0 Å². The van der Waals surface area contributed by atoms with Crippen molar-refractivity contribution in [3.05, 3.63) is 131 Å². The summed E-state index contributed by atoms with van der Waals surface area (Å²) in [5, 5.41) is 2.17. The quantitative estimate of drug-likeness (QED) is 0.158. The first kappa shape index (κ1) is 38.0. The molecule has 0 spiro atoms. The molecule has 55 heavy (non-hydrogen) atoms. The van der Waals surface area contributed by atoms with Crippen molar-refractivity contribution in [2.24, 2.45) is 0 Å². The summed E-state index contributed by atoms with van der Waals surface area (Å²) in [6.45, 7) is 27.1. The van der Waals surface area contributed by atoms with Crippen LogP contribution in [-0.2, 0) is 21.7 Å². The van der Waals surface area contributed by atoms with Gasteiger partial charge in [0, 0.05) is 49.9 Å². The van der Waals surface area contributed by atoms with E-state index in [2.05, 4.69) is 191 Å². The van der Waals surface area contributed by atoms with Crippen LogP contribution in [0.3, 0.4) is 0 Å². The lowest BCUT2D eigenvalue weighted by atomic mass is 9.81. The molecule has 0 saturated heterocycles. The first-order chi connectivity index (χ1) is 25.6. The Kier molecular flexibility index (Phi) is 9.11. The second kappa shape index (κ2) is 13.2. The Morgan fingerprint density at radius 1 is 0.345 bits per heavy atom. The zero-order valence-corrected chi connectivity index (χ0v) is 35.0. The monoisotopic (exact) mass is 725 g/mol. The van der Waals surface area contributed by atoms with Gasteiger partial charge in [0.2, 0.25) is 0 Å². The van der Waals surface area contributed by atoms with Crippen LogP contribution in [0.25, 0.3) is 66.3 Å². The summed E-state index contributed by atoms with van der Waals surface area (Å²) in [7, 11) is 0. The van der Waals surface area contributed by atoms with E-state index in [0.29, 0.717) is 0 Å². The number of nitrogens with one attached hydrogen (secondary N) is 1. The summed E-state index contributed by atoms with van der Waals surface area (Å²) >= 11 is 0. The first-order valence-corrected chi connectivity index (χ1v) is 19.8. The number of anilines is 2. The topological polar surface area (TPSA) is 67.8 Å². The van der Waals surface area contributed by atoms with Gasteiger partial charge >= 0.3 is 0 Å². The number of nitrogens with two attached hydrogens (primary N) is 2. The van der Waals surface area contributed by atoms with E-state index in [4.69, 9.17) is 11.5 Å². The fourth-order valence-corrected chi connectivity index (χ4v) is 8.01. The van der Waals surface area contributed by atoms with Crippen molar-refractivity contribution in [3.63, 3.8) is 0 Å². The molecular weight excluding hydrogens is 667 g/mol. The molecule has 0 fully saturated rings. The van der Waals surface area contributed by atoms with Crippen LogP contribution < -0.4 is 11.5 Å². The number of rotatable bonds is 4. The van der Waals surface area contributed by atoms with E-state index in [1.807, 2.05) is 6.07 Å². The molecule has 6 aromatic carbocycles. The second-order valence-electron chi connectivity index (χ2n) is 19.7. The Balaban J connectivity index is 1.66. The summed E-state index contributed by atoms with van der Waals surface area (Å²) in [6.07, 6.45) is 0. The molecular formula is C52H59N3. The smallest absolute Gasteiger partial charge is 0.0558 e. The normalized spacial score (nSPS) is 12.9. The fourth-order valence-electron chi connectivity index (χ4n) is 8.01. The molecule has 7 rings (SSSR count). The molecule has 282 valence electrons. The van der Waals surface area contributed by atoms with Gasteiger partial charge in [0.25, 0.3) is 0 Å². The van der Waals surface area contributed by atoms with Gasteiger partial charge < -0.3 is 16.5 Å². The lowest BCUT2D eigenvalue weighted by Gasteiger charge is -2.24. The molecule has 5 N–H and O–H groups in total. The van der Waals surface area contributed by atoms with Crippen LogP contribution in [0, 0.1) is 0 Å². The average Bonchev–Trinajstić information content (AvgIpc) is 3.48. The summed E-state index contributed by atoms with van der Waals surface area (Å²) in [6, 6.07) is 40.2. The van der Waals surface area contributed by atoms with Gasteiger partial charge in [-0.05, 0) is 78.3 Å². The van der Waals surface area contributed by atoms with E-state index in [1.54, 1.807) is 0 Å². The largest absolute Gasteiger partial charge is 0.398 e. The molecule has 1 aromatic heterocycles. The Hall–Kier alpha value is -5.28. The SMILES string of the molecule is CC(C)(C)c1ccc(-c2c(N)c(-c3ccc(C(C)(C)C)cc3)c3c([nH]c4ccc(N)c(-c5ccc(C(C)(C)C)cc5)c43)c2-c2ccc(C(C)(C)C)cc2)cc1. The Morgan fingerprint density at radius 2 is 0.673 bits per heavy atom. The highest BCUT2D eigenvalue weighted by Crippen LogP contribution is 2.52. The molecule has 0 amide bonds. The summed E-state index contributed by atoms with van der Waals surface area (Å²) < 4.78 is 0. The van der Waals surface area contributed by atoms with Crippen molar-refractivity contribution in [2.45, 2.75) is 105 Å². The van der Waals surface area contributed by atoms with E-state index >= 15 is 0 Å². The molecule has 0 saturated carbocycles. The molecule has 0 aliphatic heterocycles. The maximum absolute atomic E-state index is 7.70. The second-order valence-corrected chi connectivity index (χ2v) is 19.7. The number of nitrogen functional groups attached to an aromatic ring is 2. The molecule has 0 bridgehead atoms. The number of benzene rings is 6. The third-order valence-electron chi connectivity index (χ3n) is 11.4. The Labute approximate surface area is 329 Å². The molecule has 3 nitrogen and oxygen atoms in total. The van der Waals surface area contributed by atoms with E-state index in [-0.39, 0.29) is 21.7 Å². The number of aromatic amines is 1. The Bertz CT molecular complexity index is 2520. The van der Waals surface area contributed by atoms with Crippen molar-refractivity contribution in [1.82, 2.24) is 4.98 Å². The zero-order chi connectivity index (χ0) is 39.8. The van der Waals surface area contributed by atoms with Gasteiger partial charge in [0.15, 0.2) is 0 Å². The van der Waals surface area contributed by atoms with Gasteiger partial charge in [-0.3, -0.25) is 0 Å².